The fourth-order valence-electron chi connectivity index (χ4n) is 5.95. The molecule has 0 amide bonds. The Balaban J connectivity index is 1.71. The van der Waals surface area contributed by atoms with Crippen LogP contribution in [0.5, 0.6) is 0 Å². The van der Waals surface area contributed by atoms with Gasteiger partial charge in [0.1, 0.15) is 11.0 Å². The second kappa shape index (κ2) is 11.4. The summed E-state index contributed by atoms with van der Waals surface area (Å²) in [6.07, 6.45) is 13.1. The van der Waals surface area contributed by atoms with Crippen LogP contribution in [-0.2, 0) is 11.0 Å². The van der Waals surface area contributed by atoms with Crippen molar-refractivity contribution >= 4 is 11.0 Å². The van der Waals surface area contributed by atoms with Gasteiger partial charge in [-0.15, -0.1) is 0 Å². The molecule has 2 N–H and O–H groups in total. The number of nitrogens with zero attached hydrogens (tertiary/aromatic N) is 1. The largest absolute Gasteiger partial charge is 0.368 e. The lowest BCUT2D eigenvalue weighted by Gasteiger charge is -2.33. The van der Waals surface area contributed by atoms with Crippen molar-refractivity contribution in [2.45, 2.75) is 84.5 Å². The first-order chi connectivity index (χ1) is 14.8. The molecule has 7 unspecified atom stereocenters. The Bertz CT molecular complexity index is 720. The van der Waals surface area contributed by atoms with Crippen molar-refractivity contribution in [2.75, 3.05) is 6.54 Å². The van der Waals surface area contributed by atoms with Crippen molar-refractivity contribution < 1.29 is 18.8 Å². The molecular formula is C25H40FNO3S. The van der Waals surface area contributed by atoms with Crippen molar-refractivity contribution in [2.24, 2.45) is 29.6 Å². The van der Waals surface area contributed by atoms with Crippen LogP contribution < -0.4 is 0 Å². The van der Waals surface area contributed by atoms with E-state index in [1.807, 2.05) is 0 Å². The monoisotopic (exact) mass is 453 g/mol. The quantitative estimate of drug-likeness (QED) is 0.371. The lowest BCUT2D eigenvalue weighted by atomic mass is 9.75. The molecule has 1 fully saturated rings. The van der Waals surface area contributed by atoms with Gasteiger partial charge in [-0.25, -0.2) is 12.9 Å². The van der Waals surface area contributed by atoms with Gasteiger partial charge in [0.15, 0.2) is 6.29 Å². The van der Waals surface area contributed by atoms with Crippen LogP contribution in [0.3, 0.4) is 0 Å². The second-order valence-corrected chi connectivity index (χ2v) is 11.3. The Morgan fingerprint density at radius 1 is 1.35 bits per heavy atom. The average molecular weight is 454 g/mol. The molecule has 2 aliphatic carbocycles. The summed E-state index contributed by atoms with van der Waals surface area (Å²) in [6.45, 7) is 7.16. The number of rotatable bonds is 9. The summed E-state index contributed by atoms with van der Waals surface area (Å²) in [6, 6.07) is 0.257. The van der Waals surface area contributed by atoms with Crippen LogP contribution >= 0.6 is 0 Å². The predicted molar refractivity (Wildman–Crippen MR) is 125 cm³/mol. The maximum absolute atomic E-state index is 13.8. The minimum Gasteiger partial charge on any atom is -0.368 e. The van der Waals surface area contributed by atoms with Crippen molar-refractivity contribution in [3.05, 3.63) is 35.0 Å². The number of hydrogen-bond donors (Lipinski definition) is 2. The van der Waals surface area contributed by atoms with Gasteiger partial charge in [0, 0.05) is 17.5 Å². The molecular weight excluding hydrogens is 413 g/mol. The summed E-state index contributed by atoms with van der Waals surface area (Å²) in [5.74, 6) is 1.77. The molecule has 0 spiro atoms. The Morgan fingerprint density at radius 2 is 2.10 bits per heavy atom. The molecule has 0 aromatic rings. The SMILES string of the molecule is CC/C=C(\CC(C)C1CCC(F)=CC1C)S(=O)N1CC(CCC(O)O)C2CC=CCC21. The van der Waals surface area contributed by atoms with E-state index in [4.69, 9.17) is 0 Å². The molecule has 0 aromatic carbocycles. The minimum absolute atomic E-state index is 0.0105. The van der Waals surface area contributed by atoms with Crippen LogP contribution in [0.2, 0.25) is 0 Å². The van der Waals surface area contributed by atoms with Gasteiger partial charge in [0.05, 0.1) is 5.83 Å². The highest BCUT2D eigenvalue weighted by Gasteiger charge is 2.44. The number of aliphatic hydroxyl groups is 2. The van der Waals surface area contributed by atoms with Gasteiger partial charge in [0.2, 0.25) is 0 Å². The average Bonchev–Trinajstić information content (AvgIpc) is 3.10. The number of hydrogen-bond acceptors (Lipinski definition) is 3. The first-order valence-corrected chi connectivity index (χ1v) is 13.2. The van der Waals surface area contributed by atoms with E-state index in [0.717, 1.165) is 50.0 Å². The molecule has 0 bridgehead atoms. The van der Waals surface area contributed by atoms with Gasteiger partial charge in [-0.2, -0.15) is 0 Å². The van der Waals surface area contributed by atoms with E-state index in [9.17, 15) is 18.8 Å². The first-order valence-electron chi connectivity index (χ1n) is 12.1. The van der Waals surface area contributed by atoms with Gasteiger partial charge in [-0.05, 0) is 87.0 Å². The number of aliphatic hydroxyl groups excluding tert-OH is 1. The van der Waals surface area contributed by atoms with E-state index < -0.39 is 17.3 Å². The van der Waals surface area contributed by atoms with Crippen LogP contribution in [0.1, 0.15) is 72.1 Å². The lowest BCUT2D eigenvalue weighted by molar-refractivity contribution is -0.0495. The summed E-state index contributed by atoms with van der Waals surface area (Å²) in [5.41, 5.74) is 0. The van der Waals surface area contributed by atoms with E-state index in [0.29, 0.717) is 36.5 Å². The van der Waals surface area contributed by atoms with E-state index in [2.05, 4.69) is 43.3 Å². The standard InChI is InChI=1S/C25H40FNO3S/c1-4-7-21(15-18(3)22-12-11-20(26)14-17(22)2)31(30)27-16-19(10-13-25(28)29)23-8-5-6-9-24(23)27/h5-7,14,17-19,22-25,28-29H,4,8-13,15-16H2,1-3H3/b21-7+. The van der Waals surface area contributed by atoms with Crippen molar-refractivity contribution in [3.63, 3.8) is 0 Å². The highest BCUT2D eigenvalue weighted by Crippen LogP contribution is 2.43. The number of allylic oxidation sites excluding steroid dienone is 5. The van der Waals surface area contributed by atoms with Gasteiger partial charge >= 0.3 is 0 Å². The molecule has 3 rings (SSSR count). The molecule has 0 radical (unpaired) electrons. The third-order valence-corrected chi connectivity index (χ3v) is 9.22. The predicted octanol–water partition coefficient (Wildman–Crippen LogP) is 5.23. The molecule has 4 nitrogen and oxygen atoms in total. The molecule has 176 valence electrons. The summed E-state index contributed by atoms with van der Waals surface area (Å²) in [4.78, 5) is 1.01. The minimum atomic E-state index is -1.27. The van der Waals surface area contributed by atoms with Crippen LogP contribution in [0.4, 0.5) is 4.39 Å². The summed E-state index contributed by atoms with van der Waals surface area (Å²) < 4.78 is 29.6. The highest BCUT2D eigenvalue weighted by atomic mass is 32.2. The Labute approximate surface area is 189 Å². The molecule has 3 aliphatic rings. The van der Waals surface area contributed by atoms with E-state index >= 15 is 0 Å². The zero-order valence-electron chi connectivity index (χ0n) is 19.3. The Morgan fingerprint density at radius 3 is 2.77 bits per heavy atom. The van der Waals surface area contributed by atoms with Crippen LogP contribution in [0.25, 0.3) is 0 Å². The lowest BCUT2D eigenvalue weighted by Crippen LogP contribution is -2.36. The molecule has 7 atom stereocenters. The zero-order chi connectivity index (χ0) is 22.5. The first kappa shape index (κ1) is 24.8. The normalized spacial score (nSPS) is 34.0. The van der Waals surface area contributed by atoms with Crippen molar-refractivity contribution in [1.82, 2.24) is 4.31 Å². The summed E-state index contributed by atoms with van der Waals surface area (Å²) in [7, 11) is -1.18. The van der Waals surface area contributed by atoms with Gasteiger partial charge in [-0.1, -0.05) is 39.0 Å². The highest BCUT2D eigenvalue weighted by molar-refractivity contribution is 7.86. The molecule has 0 aromatic heterocycles. The maximum atomic E-state index is 13.8. The Kier molecular flexibility index (Phi) is 9.09. The second-order valence-electron chi connectivity index (χ2n) is 9.78. The van der Waals surface area contributed by atoms with Crippen LogP contribution in [-0.4, -0.2) is 37.6 Å². The molecule has 0 saturated carbocycles. The molecule has 6 heteroatoms. The molecule has 1 saturated heterocycles. The maximum Gasteiger partial charge on any atom is 0.151 e. The third kappa shape index (κ3) is 6.16. The van der Waals surface area contributed by atoms with Crippen molar-refractivity contribution in [1.29, 1.82) is 0 Å². The van der Waals surface area contributed by atoms with Crippen LogP contribution in [0.15, 0.2) is 35.0 Å². The fourth-order valence-corrected chi connectivity index (χ4v) is 7.79. The van der Waals surface area contributed by atoms with E-state index in [1.165, 1.54) is 0 Å². The van der Waals surface area contributed by atoms with Crippen LogP contribution in [0, 0.1) is 29.6 Å². The van der Waals surface area contributed by atoms with Gasteiger partial charge < -0.3 is 10.2 Å². The van der Waals surface area contributed by atoms with E-state index in [-0.39, 0.29) is 17.8 Å². The number of fused-ring (bicyclic) bond motifs is 1. The fraction of sp³-hybridized carbons (Fsp3) is 0.760. The van der Waals surface area contributed by atoms with Gasteiger partial charge in [0.25, 0.3) is 0 Å². The molecule has 31 heavy (non-hydrogen) atoms. The van der Waals surface area contributed by atoms with Gasteiger partial charge in [-0.3, -0.25) is 0 Å². The molecule has 1 aliphatic heterocycles. The molecule has 1 heterocycles. The zero-order valence-corrected chi connectivity index (χ0v) is 20.1. The van der Waals surface area contributed by atoms with Crippen molar-refractivity contribution in [3.8, 4) is 0 Å². The number of halogens is 1. The summed E-state index contributed by atoms with van der Waals surface area (Å²) >= 11 is 0. The Hall–Kier alpha value is -0.820. The summed E-state index contributed by atoms with van der Waals surface area (Å²) in [5, 5.41) is 18.7. The van der Waals surface area contributed by atoms with E-state index in [1.54, 1.807) is 6.08 Å². The topological polar surface area (TPSA) is 60.8 Å². The smallest absolute Gasteiger partial charge is 0.151 e. The third-order valence-electron chi connectivity index (χ3n) is 7.59.